The van der Waals surface area contributed by atoms with Crippen molar-refractivity contribution in [2.24, 2.45) is 0 Å². The number of rotatable bonds is 4. The van der Waals surface area contributed by atoms with Crippen LogP contribution in [-0.2, 0) is 4.79 Å². The van der Waals surface area contributed by atoms with Gasteiger partial charge in [-0.2, -0.15) is 0 Å². The number of hydrogen-bond acceptors (Lipinski definition) is 4. The first kappa shape index (κ1) is 12.8. The van der Waals surface area contributed by atoms with Crippen molar-refractivity contribution in [2.45, 2.75) is 43.9 Å². The van der Waals surface area contributed by atoms with Crippen molar-refractivity contribution in [1.82, 2.24) is 9.80 Å². The van der Waals surface area contributed by atoms with E-state index >= 15 is 0 Å². The summed E-state index contributed by atoms with van der Waals surface area (Å²) in [6.07, 6.45) is 2.75. The van der Waals surface area contributed by atoms with Crippen LogP contribution in [0.1, 0.15) is 25.7 Å². The van der Waals surface area contributed by atoms with E-state index in [-0.39, 0.29) is 6.42 Å². The van der Waals surface area contributed by atoms with Crippen LogP contribution in [0, 0.1) is 0 Å². The molecule has 3 atom stereocenters. The van der Waals surface area contributed by atoms with Gasteiger partial charge in [0.05, 0.1) is 12.5 Å². The Morgan fingerprint density at radius 1 is 1.35 bits per heavy atom. The smallest absolute Gasteiger partial charge is 0.306 e. The molecule has 5 heteroatoms. The maximum atomic E-state index is 10.5. The van der Waals surface area contributed by atoms with E-state index in [1.165, 1.54) is 12.8 Å². The van der Waals surface area contributed by atoms with Gasteiger partial charge in [-0.15, -0.1) is 0 Å². The Morgan fingerprint density at radius 2 is 2.06 bits per heavy atom. The number of likely N-dealkylation sites (tertiary alicyclic amines) is 1. The molecule has 0 aromatic rings. The molecule has 0 aromatic heterocycles. The predicted octanol–water partition coefficient (Wildman–Crippen LogP) is -0.00950. The zero-order valence-corrected chi connectivity index (χ0v) is 10.4. The van der Waals surface area contributed by atoms with Gasteiger partial charge in [0.25, 0.3) is 0 Å². The van der Waals surface area contributed by atoms with E-state index in [0.29, 0.717) is 18.6 Å². The largest absolute Gasteiger partial charge is 0.481 e. The molecule has 2 saturated heterocycles. The minimum absolute atomic E-state index is 0.152. The van der Waals surface area contributed by atoms with E-state index in [0.717, 1.165) is 19.5 Å². The fourth-order valence-corrected chi connectivity index (χ4v) is 3.11. The summed E-state index contributed by atoms with van der Waals surface area (Å²) in [5.74, 6) is -0.925. The van der Waals surface area contributed by atoms with Gasteiger partial charge in [0.15, 0.2) is 0 Å². The summed E-state index contributed by atoms with van der Waals surface area (Å²) < 4.78 is 0. The van der Waals surface area contributed by atoms with Gasteiger partial charge >= 0.3 is 5.97 Å². The maximum absolute atomic E-state index is 10.5. The topological polar surface area (TPSA) is 64.0 Å². The molecule has 98 valence electrons. The molecular weight excluding hydrogens is 220 g/mol. The number of carboxylic acid groups (broad SMARTS) is 1. The summed E-state index contributed by atoms with van der Waals surface area (Å²) in [6.45, 7) is 2.43. The van der Waals surface area contributed by atoms with Gasteiger partial charge in [0, 0.05) is 25.2 Å². The average Bonchev–Trinajstić information content (AvgIpc) is 2.45. The maximum Gasteiger partial charge on any atom is 0.306 e. The first-order valence-corrected chi connectivity index (χ1v) is 6.40. The summed E-state index contributed by atoms with van der Waals surface area (Å²) in [7, 11) is 2.18. The van der Waals surface area contributed by atoms with E-state index in [4.69, 9.17) is 5.11 Å². The molecule has 0 aliphatic carbocycles. The van der Waals surface area contributed by atoms with Crippen LogP contribution in [-0.4, -0.2) is 70.9 Å². The molecule has 2 aliphatic rings. The monoisotopic (exact) mass is 242 g/mol. The Hall–Kier alpha value is -0.650. The van der Waals surface area contributed by atoms with Crippen molar-refractivity contribution in [3.8, 4) is 0 Å². The lowest BCUT2D eigenvalue weighted by Crippen LogP contribution is -2.40. The van der Waals surface area contributed by atoms with Crippen molar-refractivity contribution >= 4 is 5.97 Å². The molecule has 0 amide bonds. The highest BCUT2D eigenvalue weighted by atomic mass is 16.4. The highest BCUT2D eigenvalue weighted by Gasteiger charge is 2.34. The third kappa shape index (κ3) is 3.18. The molecule has 0 radical (unpaired) electrons. The Kier molecular flexibility index (Phi) is 4.01. The van der Waals surface area contributed by atoms with E-state index in [9.17, 15) is 9.90 Å². The van der Waals surface area contributed by atoms with Crippen LogP contribution in [0.25, 0.3) is 0 Å². The number of likely N-dealkylation sites (N-methyl/N-ethyl adjacent to an activating group) is 1. The standard InChI is InChI=1S/C12H22N2O3/c1-13-9-2-3-10(13)7-14(5-4-9)8-11(15)6-12(16)17/h9-11,15H,2-8H2,1H3,(H,16,17). The molecule has 17 heavy (non-hydrogen) atoms. The summed E-state index contributed by atoms with van der Waals surface area (Å²) in [5, 5.41) is 18.3. The number of nitrogens with zero attached hydrogens (tertiary/aromatic N) is 2. The number of fused-ring (bicyclic) bond motifs is 2. The van der Waals surface area contributed by atoms with E-state index in [2.05, 4.69) is 16.8 Å². The van der Waals surface area contributed by atoms with E-state index in [1.807, 2.05) is 0 Å². The first-order chi connectivity index (χ1) is 8.06. The fourth-order valence-electron chi connectivity index (χ4n) is 3.11. The molecule has 2 aliphatic heterocycles. The SMILES string of the molecule is CN1C2CCC1CN(CC(O)CC(=O)O)CC2. The molecule has 0 aromatic carbocycles. The van der Waals surface area contributed by atoms with Crippen molar-refractivity contribution in [1.29, 1.82) is 0 Å². The molecular formula is C12H22N2O3. The third-order valence-electron chi connectivity index (χ3n) is 4.11. The molecule has 0 spiro atoms. The first-order valence-electron chi connectivity index (χ1n) is 6.40. The lowest BCUT2D eigenvalue weighted by molar-refractivity contribution is -0.139. The number of aliphatic hydroxyl groups excluding tert-OH is 1. The molecule has 0 saturated carbocycles. The molecule has 2 N–H and O–H groups in total. The molecule has 2 fully saturated rings. The highest BCUT2D eigenvalue weighted by molar-refractivity contribution is 5.67. The van der Waals surface area contributed by atoms with Gasteiger partial charge in [-0.1, -0.05) is 0 Å². The Bertz CT molecular complexity index is 285. The molecule has 5 nitrogen and oxygen atoms in total. The van der Waals surface area contributed by atoms with Gasteiger partial charge in [0.2, 0.25) is 0 Å². The zero-order chi connectivity index (χ0) is 12.4. The van der Waals surface area contributed by atoms with Crippen molar-refractivity contribution in [3.05, 3.63) is 0 Å². The van der Waals surface area contributed by atoms with Crippen LogP contribution in [0.5, 0.6) is 0 Å². The quantitative estimate of drug-likeness (QED) is 0.726. The number of carboxylic acids is 1. The minimum atomic E-state index is -0.925. The highest BCUT2D eigenvalue weighted by Crippen LogP contribution is 2.28. The van der Waals surface area contributed by atoms with Crippen LogP contribution in [0.4, 0.5) is 0 Å². The van der Waals surface area contributed by atoms with Crippen molar-refractivity contribution in [2.75, 3.05) is 26.7 Å². The average molecular weight is 242 g/mol. The number of hydrogen-bond donors (Lipinski definition) is 2. The molecule has 3 unspecified atom stereocenters. The van der Waals surface area contributed by atoms with Crippen LogP contribution in [0.2, 0.25) is 0 Å². The van der Waals surface area contributed by atoms with E-state index in [1.54, 1.807) is 0 Å². The minimum Gasteiger partial charge on any atom is -0.481 e. The summed E-state index contributed by atoms with van der Waals surface area (Å²) in [4.78, 5) is 15.2. The second-order valence-electron chi connectivity index (χ2n) is 5.35. The molecule has 2 rings (SSSR count). The van der Waals surface area contributed by atoms with Gasteiger partial charge < -0.3 is 10.2 Å². The van der Waals surface area contributed by atoms with Crippen molar-refractivity contribution in [3.63, 3.8) is 0 Å². The van der Waals surface area contributed by atoms with E-state index < -0.39 is 12.1 Å². The zero-order valence-electron chi connectivity index (χ0n) is 10.4. The number of β-amino-alcohol motifs (C(OH)–C–C–N with tert-alkyl or cyclic N) is 1. The predicted molar refractivity (Wildman–Crippen MR) is 63.9 cm³/mol. The Balaban J connectivity index is 1.84. The second-order valence-corrected chi connectivity index (χ2v) is 5.35. The number of aliphatic carboxylic acids is 1. The Morgan fingerprint density at radius 3 is 2.76 bits per heavy atom. The number of aliphatic hydroxyl groups is 1. The van der Waals surface area contributed by atoms with Gasteiger partial charge in [-0.05, 0) is 32.9 Å². The normalized spacial score (nSPS) is 32.4. The summed E-state index contributed by atoms with van der Waals surface area (Å²) in [6, 6.07) is 1.26. The summed E-state index contributed by atoms with van der Waals surface area (Å²) in [5.41, 5.74) is 0. The van der Waals surface area contributed by atoms with Crippen LogP contribution in [0.3, 0.4) is 0 Å². The molecule has 2 bridgehead atoms. The lowest BCUT2D eigenvalue weighted by Gasteiger charge is -2.27. The van der Waals surface area contributed by atoms with Gasteiger partial charge in [0.1, 0.15) is 0 Å². The Labute approximate surface area is 102 Å². The number of carbonyl (C=O) groups is 1. The van der Waals surface area contributed by atoms with Crippen LogP contribution >= 0.6 is 0 Å². The van der Waals surface area contributed by atoms with Crippen LogP contribution < -0.4 is 0 Å². The molecule has 2 heterocycles. The fraction of sp³-hybridized carbons (Fsp3) is 0.917. The van der Waals surface area contributed by atoms with Gasteiger partial charge in [-0.25, -0.2) is 0 Å². The third-order valence-corrected chi connectivity index (χ3v) is 4.11. The lowest BCUT2D eigenvalue weighted by atomic mass is 10.1. The van der Waals surface area contributed by atoms with Gasteiger partial charge in [-0.3, -0.25) is 14.6 Å². The van der Waals surface area contributed by atoms with Crippen LogP contribution in [0.15, 0.2) is 0 Å². The summed E-state index contributed by atoms with van der Waals surface area (Å²) >= 11 is 0. The second kappa shape index (κ2) is 5.33. The van der Waals surface area contributed by atoms with Crippen molar-refractivity contribution < 1.29 is 15.0 Å².